The van der Waals surface area contributed by atoms with E-state index in [9.17, 15) is 18.0 Å². The lowest BCUT2D eigenvalue weighted by atomic mass is 9.99. The Morgan fingerprint density at radius 3 is 2.55 bits per heavy atom. The van der Waals surface area contributed by atoms with Crippen molar-refractivity contribution >= 4 is 27.5 Å². The fourth-order valence-electron chi connectivity index (χ4n) is 4.29. The van der Waals surface area contributed by atoms with Crippen molar-refractivity contribution in [2.75, 3.05) is 24.5 Å². The van der Waals surface area contributed by atoms with E-state index in [1.165, 1.54) is 30.7 Å². The van der Waals surface area contributed by atoms with Gasteiger partial charge >= 0.3 is 0 Å². The van der Waals surface area contributed by atoms with Gasteiger partial charge in [-0.2, -0.15) is 0 Å². The maximum Gasteiger partial charge on any atom is 0.269 e. The molecule has 0 bridgehead atoms. The fraction of sp³-hybridized carbons (Fsp3) is 0.391. The van der Waals surface area contributed by atoms with E-state index in [1.807, 2.05) is 19.1 Å². The Balaban J connectivity index is 1.40. The van der Waals surface area contributed by atoms with Crippen molar-refractivity contribution in [3.05, 3.63) is 59.7 Å². The summed E-state index contributed by atoms with van der Waals surface area (Å²) in [5.41, 5.74) is 2.19. The molecule has 1 fully saturated rings. The first kappa shape index (κ1) is 21.4. The SMILES string of the molecule is C[C@@H]1CCCN(c2ccc([C@H](C)NC(=O)CN3C(=O)c4ccccc4S3(=O)=O)cc2)C1. The van der Waals surface area contributed by atoms with Crippen molar-refractivity contribution in [3.63, 3.8) is 0 Å². The summed E-state index contributed by atoms with van der Waals surface area (Å²) >= 11 is 0. The molecule has 0 aliphatic carbocycles. The second kappa shape index (κ2) is 8.34. The highest BCUT2D eigenvalue weighted by molar-refractivity contribution is 7.90. The molecular formula is C23H27N3O4S. The van der Waals surface area contributed by atoms with E-state index in [0.717, 1.165) is 18.7 Å². The minimum absolute atomic E-state index is 0.0523. The highest BCUT2D eigenvalue weighted by atomic mass is 32.2. The summed E-state index contributed by atoms with van der Waals surface area (Å²) in [5.74, 6) is -0.507. The predicted molar refractivity (Wildman–Crippen MR) is 118 cm³/mol. The second-order valence-corrected chi connectivity index (χ2v) is 10.2. The molecule has 164 valence electrons. The van der Waals surface area contributed by atoms with Gasteiger partial charge in [0.25, 0.3) is 15.9 Å². The van der Waals surface area contributed by atoms with E-state index >= 15 is 0 Å². The molecule has 4 rings (SSSR count). The first-order valence-corrected chi connectivity index (χ1v) is 12.0. The summed E-state index contributed by atoms with van der Waals surface area (Å²) in [7, 11) is -4.00. The number of piperidine rings is 1. The third-order valence-electron chi connectivity index (χ3n) is 5.99. The number of amides is 2. The Hall–Kier alpha value is -2.87. The quantitative estimate of drug-likeness (QED) is 0.771. The van der Waals surface area contributed by atoms with Crippen LogP contribution in [0.5, 0.6) is 0 Å². The number of hydrogen-bond donors (Lipinski definition) is 1. The number of anilines is 1. The molecule has 0 spiro atoms. The average Bonchev–Trinajstić information content (AvgIpc) is 2.95. The smallest absolute Gasteiger partial charge is 0.269 e. The van der Waals surface area contributed by atoms with Crippen LogP contribution >= 0.6 is 0 Å². The van der Waals surface area contributed by atoms with Crippen molar-refractivity contribution in [3.8, 4) is 0 Å². The fourth-order valence-corrected chi connectivity index (χ4v) is 5.81. The summed E-state index contributed by atoms with van der Waals surface area (Å²) < 4.78 is 25.9. The molecule has 31 heavy (non-hydrogen) atoms. The van der Waals surface area contributed by atoms with Crippen molar-refractivity contribution < 1.29 is 18.0 Å². The first-order chi connectivity index (χ1) is 14.8. The van der Waals surface area contributed by atoms with Crippen LogP contribution in [-0.2, 0) is 14.8 Å². The van der Waals surface area contributed by atoms with E-state index in [4.69, 9.17) is 0 Å². The number of nitrogens with one attached hydrogen (secondary N) is 1. The molecule has 2 aromatic rings. The van der Waals surface area contributed by atoms with Gasteiger partial charge in [0, 0.05) is 18.8 Å². The molecule has 2 aliphatic heterocycles. The second-order valence-electron chi connectivity index (χ2n) is 8.39. The van der Waals surface area contributed by atoms with E-state index in [0.29, 0.717) is 10.2 Å². The Morgan fingerprint density at radius 2 is 1.87 bits per heavy atom. The molecule has 2 aliphatic rings. The summed E-state index contributed by atoms with van der Waals surface area (Å²) in [6.07, 6.45) is 2.45. The van der Waals surface area contributed by atoms with E-state index < -0.39 is 28.4 Å². The third-order valence-corrected chi connectivity index (χ3v) is 7.78. The number of hydrogen-bond acceptors (Lipinski definition) is 5. The monoisotopic (exact) mass is 441 g/mol. The van der Waals surface area contributed by atoms with Crippen LogP contribution in [0, 0.1) is 5.92 Å². The van der Waals surface area contributed by atoms with Crippen molar-refractivity contribution in [1.82, 2.24) is 9.62 Å². The highest BCUT2D eigenvalue weighted by Gasteiger charge is 2.41. The van der Waals surface area contributed by atoms with Gasteiger partial charge in [0.15, 0.2) is 0 Å². The van der Waals surface area contributed by atoms with Crippen LogP contribution in [-0.4, -0.2) is 44.2 Å². The van der Waals surface area contributed by atoms with Crippen LogP contribution in [0.25, 0.3) is 0 Å². The average molecular weight is 442 g/mol. The van der Waals surface area contributed by atoms with Gasteiger partial charge in [-0.25, -0.2) is 12.7 Å². The van der Waals surface area contributed by atoms with Gasteiger partial charge in [-0.1, -0.05) is 31.2 Å². The summed E-state index contributed by atoms with van der Waals surface area (Å²) in [5, 5.41) is 2.80. The minimum Gasteiger partial charge on any atom is -0.371 e. The normalized spacial score (nSPS) is 21.0. The minimum atomic E-state index is -4.00. The topological polar surface area (TPSA) is 86.8 Å². The number of carbonyl (C=O) groups is 2. The lowest BCUT2D eigenvalue weighted by Crippen LogP contribution is -2.41. The molecule has 1 N–H and O–H groups in total. The Morgan fingerprint density at radius 1 is 1.16 bits per heavy atom. The number of sulfonamides is 1. The molecular weight excluding hydrogens is 414 g/mol. The van der Waals surface area contributed by atoms with Crippen molar-refractivity contribution in [1.29, 1.82) is 0 Å². The third kappa shape index (κ3) is 4.17. The maximum atomic E-state index is 12.6. The molecule has 0 aromatic heterocycles. The molecule has 1 saturated heterocycles. The summed E-state index contributed by atoms with van der Waals surface area (Å²) in [4.78, 5) is 27.3. The lowest BCUT2D eigenvalue weighted by molar-refractivity contribution is -0.121. The van der Waals surface area contributed by atoms with Gasteiger partial charge < -0.3 is 10.2 Å². The van der Waals surface area contributed by atoms with Crippen LogP contribution in [0.1, 0.15) is 48.7 Å². The molecule has 0 unspecified atom stereocenters. The van der Waals surface area contributed by atoms with Gasteiger partial charge in [0.2, 0.25) is 5.91 Å². The van der Waals surface area contributed by atoms with E-state index in [1.54, 1.807) is 12.1 Å². The predicted octanol–water partition coefficient (Wildman–Crippen LogP) is 2.94. The molecule has 2 heterocycles. The first-order valence-electron chi connectivity index (χ1n) is 10.6. The molecule has 2 aromatic carbocycles. The van der Waals surface area contributed by atoms with E-state index in [2.05, 4.69) is 29.3 Å². The van der Waals surface area contributed by atoms with Gasteiger partial charge in [-0.3, -0.25) is 9.59 Å². The highest BCUT2D eigenvalue weighted by Crippen LogP contribution is 2.30. The molecule has 8 heteroatoms. The summed E-state index contributed by atoms with van der Waals surface area (Å²) in [6.45, 7) is 5.67. The van der Waals surface area contributed by atoms with Gasteiger partial charge in [-0.05, 0) is 55.5 Å². The lowest BCUT2D eigenvalue weighted by Gasteiger charge is -2.33. The zero-order valence-electron chi connectivity index (χ0n) is 17.7. The number of rotatable bonds is 5. The Bertz CT molecular complexity index is 1100. The Labute approximate surface area is 183 Å². The van der Waals surface area contributed by atoms with Crippen molar-refractivity contribution in [2.45, 2.75) is 37.6 Å². The molecule has 7 nitrogen and oxygen atoms in total. The van der Waals surface area contributed by atoms with Gasteiger partial charge in [0.1, 0.15) is 11.4 Å². The summed E-state index contributed by atoms with van der Waals surface area (Å²) in [6, 6.07) is 13.8. The molecule has 2 amide bonds. The van der Waals surface area contributed by atoms with Crippen LogP contribution in [0.15, 0.2) is 53.4 Å². The Kier molecular flexibility index (Phi) is 5.75. The zero-order valence-corrected chi connectivity index (χ0v) is 18.6. The number of carbonyl (C=O) groups excluding carboxylic acids is 2. The van der Waals surface area contributed by atoms with Crippen LogP contribution in [0.4, 0.5) is 5.69 Å². The van der Waals surface area contributed by atoms with Crippen molar-refractivity contribution in [2.24, 2.45) is 5.92 Å². The standard InChI is InChI=1S/C23H27N3O4S/c1-16-6-5-13-25(14-16)19-11-9-18(10-12-19)17(2)24-22(27)15-26-23(28)20-7-3-4-8-21(20)31(26,29)30/h3-4,7-12,16-17H,5-6,13-15H2,1-2H3,(H,24,27)/t16-,17+/m1/s1. The zero-order chi connectivity index (χ0) is 22.2. The van der Waals surface area contributed by atoms with Gasteiger partial charge in [0.05, 0.1) is 11.6 Å². The molecule has 0 saturated carbocycles. The van der Waals surface area contributed by atoms with E-state index in [-0.39, 0.29) is 16.5 Å². The largest absolute Gasteiger partial charge is 0.371 e. The molecule has 2 atom stereocenters. The number of benzene rings is 2. The number of fused-ring (bicyclic) bond motifs is 1. The van der Waals surface area contributed by atoms with Crippen LogP contribution in [0.3, 0.4) is 0 Å². The number of nitrogens with zero attached hydrogens (tertiary/aromatic N) is 2. The maximum absolute atomic E-state index is 12.6. The van der Waals surface area contributed by atoms with Crippen LogP contribution < -0.4 is 10.2 Å². The molecule has 0 radical (unpaired) electrons. The van der Waals surface area contributed by atoms with Crippen LogP contribution in [0.2, 0.25) is 0 Å². The van der Waals surface area contributed by atoms with Gasteiger partial charge in [-0.15, -0.1) is 0 Å².